The molecule has 0 aliphatic rings. The number of carbonyl (C=O) groups excluding carboxylic acids is 1. The molecule has 0 spiro atoms. The van der Waals surface area contributed by atoms with Crippen molar-refractivity contribution in [1.82, 2.24) is 0 Å². The predicted molar refractivity (Wildman–Crippen MR) is 86.5 cm³/mol. The van der Waals surface area contributed by atoms with E-state index in [4.69, 9.17) is 4.74 Å². The molecule has 0 saturated carbocycles. The van der Waals surface area contributed by atoms with Crippen LogP contribution in [0, 0.1) is 19.7 Å². The molecular weight excluding hydrogens is 281 g/mol. The summed E-state index contributed by atoms with van der Waals surface area (Å²) in [4.78, 5) is 11.9. The molecule has 2 aromatic carbocycles. The van der Waals surface area contributed by atoms with Crippen LogP contribution in [0.5, 0.6) is 5.75 Å². The number of methoxy groups -OCH3 is 1. The Kier molecular flexibility index (Phi) is 4.94. The molecule has 0 bridgehead atoms. The van der Waals surface area contributed by atoms with Crippen LogP contribution in [0.4, 0.5) is 10.1 Å². The second kappa shape index (κ2) is 6.89. The number of carbonyl (C=O) groups is 1. The minimum absolute atomic E-state index is 0.305. The number of hydrogen-bond donors (Lipinski definition) is 1. The van der Waals surface area contributed by atoms with Crippen molar-refractivity contribution in [2.75, 3.05) is 12.4 Å². The largest absolute Gasteiger partial charge is 0.497 e. The van der Waals surface area contributed by atoms with Gasteiger partial charge < -0.3 is 10.1 Å². The maximum Gasteiger partial charge on any atom is 0.248 e. The Morgan fingerprint density at radius 2 is 1.86 bits per heavy atom. The van der Waals surface area contributed by atoms with E-state index in [0.717, 1.165) is 22.4 Å². The molecule has 0 aromatic heterocycles. The SMILES string of the molecule is COc1cc(C)c(/C=C/C(=O)Nc2cccc(F)c2)c(C)c1. The fraction of sp³-hybridized carbons (Fsp3) is 0.167. The lowest BCUT2D eigenvalue weighted by Gasteiger charge is -2.08. The minimum Gasteiger partial charge on any atom is -0.497 e. The van der Waals surface area contributed by atoms with Gasteiger partial charge in [-0.25, -0.2) is 4.39 Å². The summed E-state index contributed by atoms with van der Waals surface area (Å²) in [6, 6.07) is 9.62. The van der Waals surface area contributed by atoms with E-state index in [1.807, 2.05) is 26.0 Å². The zero-order chi connectivity index (χ0) is 16.1. The summed E-state index contributed by atoms with van der Waals surface area (Å²) in [7, 11) is 1.62. The molecular formula is C18H18FNO2. The van der Waals surface area contributed by atoms with Gasteiger partial charge in [0.25, 0.3) is 0 Å². The van der Waals surface area contributed by atoms with Crippen LogP contribution < -0.4 is 10.1 Å². The first-order chi connectivity index (χ1) is 10.5. The summed E-state index contributed by atoms with van der Waals surface area (Å²) in [5.41, 5.74) is 3.44. The van der Waals surface area contributed by atoms with Crippen LogP contribution in [0.15, 0.2) is 42.5 Å². The summed E-state index contributed by atoms with van der Waals surface area (Å²) in [6.07, 6.45) is 3.19. The number of hydrogen-bond acceptors (Lipinski definition) is 2. The normalized spacial score (nSPS) is 10.7. The van der Waals surface area contributed by atoms with Crippen LogP contribution in [0.2, 0.25) is 0 Å². The van der Waals surface area contributed by atoms with Crippen LogP contribution in [-0.2, 0) is 4.79 Å². The van der Waals surface area contributed by atoms with Gasteiger partial charge in [0.2, 0.25) is 5.91 Å². The van der Waals surface area contributed by atoms with Crippen LogP contribution >= 0.6 is 0 Å². The number of nitrogens with one attached hydrogen (secondary N) is 1. The molecule has 22 heavy (non-hydrogen) atoms. The van der Waals surface area contributed by atoms with E-state index >= 15 is 0 Å². The lowest BCUT2D eigenvalue weighted by Crippen LogP contribution is -2.07. The quantitative estimate of drug-likeness (QED) is 0.863. The van der Waals surface area contributed by atoms with Crippen LogP contribution in [0.3, 0.4) is 0 Å². The Bertz CT molecular complexity index is 700. The van der Waals surface area contributed by atoms with Crippen LogP contribution in [-0.4, -0.2) is 13.0 Å². The third kappa shape index (κ3) is 3.95. The molecule has 3 nitrogen and oxygen atoms in total. The number of rotatable bonds is 4. The predicted octanol–water partition coefficient (Wildman–Crippen LogP) is 4.10. The van der Waals surface area contributed by atoms with Crippen molar-refractivity contribution in [1.29, 1.82) is 0 Å². The van der Waals surface area contributed by atoms with Gasteiger partial charge in [-0.1, -0.05) is 6.07 Å². The molecule has 0 fully saturated rings. The van der Waals surface area contributed by atoms with Gasteiger partial charge in [0, 0.05) is 11.8 Å². The molecule has 1 amide bonds. The average molecular weight is 299 g/mol. The number of amides is 1. The van der Waals surface area contributed by atoms with E-state index in [1.165, 1.54) is 18.2 Å². The van der Waals surface area contributed by atoms with Crippen LogP contribution in [0.1, 0.15) is 16.7 Å². The van der Waals surface area contributed by atoms with Gasteiger partial charge in [-0.2, -0.15) is 0 Å². The van der Waals surface area contributed by atoms with Gasteiger partial charge >= 0.3 is 0 Å². The Morgan fingerprint density at radius 1 is 1.18 bits per heavy atom. The van der Waals surface area contributed by atoms with Crippen molar-refractivity contribution in [2.24, 2.45) is 0 Å². The summed E-state index contributed by atoms with van der Waals surface area (Å²) < 4.78 is 18.3. The molecule has 0 heterocycles. The molecule has 0 unspecified atom stereocenters. The molecule has 0 radical (unpaired) electrons. The van der Waals surface area contributed by atoms with Crippen molar-refractivity contribution in [3.05, 3.63) is 65.0 Å². The van der Waals surface area contributed by atoms with Crippen molar-refractivity contribution < 1.29 is 13.9 Å². The van der Waals surface area contributed by atoms with E-state index in [9.17, 15) is 9.18 Å². The van der Waals surface area contributed by atoms with Gasteiger partial charge in [-0.3, -0.25) is 4.79 Å². The summed E-state index contributed by atoms with van der Waals surface area (Å²) in [5.74, 6) is 0.0974. The van der Waals surface area contributed by atoms with E-state index < -0.39 is 0 Å². The molecule has 2 rings (SSSR count). The van der Waals surface area contributed by atoms with Crippen LogP contribution in [0.25, 0.3) is 6.08 Å². The van der Waals surface area contributed by atoms with Gasteiger partial charge in [0.1, 0.15) is 11.6 Å². The monoisotopic (exact) mass is 299 g/mol. The minimum atomic E-state index is -0.386. The molecule has 2 aromatic rings. The summed E-state index contributed by atoms with van der Waals surface area (Å²) >= 11 is 0. The first-order valence-electron chi connectivity index (χ1n) is 6.89. The highest BCUT2D eigenvalue weighted by molar-refractivity contribution is 6.02. The van der Waals surface area contributed by atoms with Crippen molar-refractivity contribution in [2.45, 2.75) is 13.8 Å². The Hall–Kier alpha value is -2.62. The fourth-order valence-electron chi connectivity index (χ4n) is 2.22. The maximum atomic E-state index is 13.1. The highest BCUT2D eigenvalue weighted by atomic mass is 19.1. The molecule has 0 atom stereocenters. The molecule has 0 aliphatic heterocycles. The van der Waals surface area contributed by atoms with E-state index in [-0.39, 0.29) is 11.7 Å². The van der Waals surface area contributed by atoms with Crippen molar-refractivity contribution in [3.8, 4) is 5.75 Å². The summed E-state index contributed by atoms with van der Waals surface area (Å²) in [5, 5.41) is 2.62. The van der Waals surface area contributed by atoms with E-state index in [2.05, 4.69) is 5.32 Å². The van der Waals surface area contributed by atoms with E-state index in [1.54, 1.807) is 25.3 Å². The second-order valence-electron chi connectivity index (χ2n) is 5.01. The lowest BCUT2D eigenvalue weighted by atomic mass is 10.0. The van der Waals surface area contributed by atoms with Gasteiger partial charge in [-0.15, -0.1) is 0 Å². The third-order valence-electron chi connectivity index (χ3n) is 3.30. The number of ether oxygens (including phenoxy) is 1. The second-order valence-corrected chi connectivity index (χ2v) is 5.01. The molecule has 114 valence electrons. The third-order valence-corrected chi connectivity index (χ3v) is 3.30. The first kappa shape index (κ1) is 15.8. The zero-order valence-electron chi connectivity index (χ0n) is 12.8. The topological polar surface area (TPSA) is 38.3 Å². The Labute approximate surface area is 129 Å². The highest BCUT2D eigenvalue weighted by Gasteiger charge is 2.04. The van der Waals surface area contributed by atoms with Gasteiger partial charge in [0.15, 0.2) is 0 Å². The number of halogens is 1. The van der Waals surface area contributed by atoms with Crippen molar-refractivity contribution >= 4 is 17.7 Å². The number of benzene rings is 2. The van der Waals surface area contributed by atoms with E-state index in [0.29, 0.717) is 5.69 Å². The molecule has 1 N–H and O–H groups in total. The molecule has 4 heteroatoms. The fourth-order valence-corrected chi connectivity index (χ4v) is 2.22. The smallest absolute Gasteiger partial charge is 0.248 e. The lowest BCUT2D eigenvalue weighted by molar-refractivity contribution is -0.111. The zero-order valence-corrected chi connectivity index (χ0v) is 12.8. The average Bonchev–Trinajstić information content (AvgIpc) is 2.46. The standard InChI is InChI=1S/C18H18FNO2/c1-12-9-16(22-3)10-13(2)17(12)7-8-18(21)20-15-6-4-5-14(19)11-15/h4-11H,1-3H3,(H,20,21)/b8-7+. The maximum absolute atomic E-state index is 13.1. The van der Waals surface area contributed by atoms with Crippen molar-refractivity contribution in [3.63, 3.8) is 0 Å². The number of anilines is 1. The van der Waals surface area contributed by atoms with Gasteiger partial charge in [-0.05, 0) is 66.9 Å². The Balaban J connectivity index is 2.13. The van der Waals surface area contributed by atoms with Gasteiger partial charge in [0.05, 0.1) is 7.11 Å². The summed E-state index contributed by atoms with van der Waals surface area (Å²) in [6.45, 7) is 3.92. The molecule has 0 aliphatic carbocycles. The Morgan fingerprint density at radius 3 is 2.45 bits per heavy atom. The highest BCUT2D eigenvalue weighted by Crippen LogP contribution is 2.22. The first-order valence-corrected chi connectivity index (χ1v) is 6.89. The molecule has 0 saturated heterocycles. The number of aryl methyl sites for hydroxylation is 2.